The summed E-state index contributed by atoms with van der Waals surface area (Å²) in [5.74, 6) is -2.64. The first-order valence-electron chi connectivity index (χ1n) is 5.91. The molecule has 5 nitrogen and oxygen atoms in total. The van der Waals surface area contributed by atoms with Crippen molar-refractivity contribution in [2.45, 2.75) is 0 Å². The number of amides is 1. The van der Waals surface area contributed by atoms with Crippen LogP contribution in [0.4, 0.5) is 0 Å². The predicted octanol–water partition coefficient (Wildman–Crippen LogP) is 1.90. The maximum atomic E-state index is 12.4. The van der Waals surface area contributed by atoms with Gasteiger partial charge in [-0.15, -0.1) is 0 Å². The molecule has 0 aliphatic carbocycles. The minimum absolute atomic E-state index is 0.169. The monoisotopic (exact) mass is 289 g/mol. The van der Waals surface area contributed by atoms with Gasteiger partial charge in [-0.1, -0.05) is 29.8 Å². The maximum absolute atomic E-state index is 12.4. The molecule has 0 unspecified atom stereocenters. The number of Topliss-reactive ketones (excluding diaryl/α,β-unsaturated/α-hetero) is 1. The Morgan fingerprint density at radius 2 is 2.05 bits per heavy atom. The number of aryl methyl sites for hydroxylation is 1. The Morgan fingerprint density at radius 1 is 1.40 bits per heavy atom. The number of para-hydroxylation sites is 1. The van der Waals surface area contributed by atoms with Crippen LogP contribution in [-0.4, -0.2) is 23.3 Å². The van der Waals surface area contributed by atoms with Gasteiger partial charge in [-0.05, 0) is 6.07 Å². The molecule has 2 aromatic rings. The third-order valence-corrected chi connectivity index (χ3v) is 3.56. The average Bonchev–Trinajstić information content (AvgIpc) is 2.72. The molecule has 1 heterocycles. The lowest BCUT2D eigenvalue weighted by atomic mass is 10.0. The zero-order valence-corrected chi connectivity index (χ0v) is 11.7. The number of nitriles is 1. The Bertz CT molecular complexity index is 704. The van der Waals surface area contributed by atoms with Crippen molar-refractivity contribution in [3.05, 3.63) is 35.0 Å². The lowest BCUT2D eigenvalue weighted by Crippen LogP contribution is -2.33. The average molecular weight is 290 g/mol. The molecule has 1 aromatic heterocycles. The van der Waals surface area contributed by atoms with Crippen molar-refractivity contribution >= 4 is 34.2 Å². The summed E-state index contributed by atoms with van der Waals surface area (Å²) in [6.07, 6.45) is 0. The van der Waals surface area contributed by atoms with Gasteiger partial charge in [-0.2, -0.15) is 5.26 Å². The number of benzene rings is 1. The fourth-order valence-corrected chi connectivity index (χ4v) is 2.52. The second kappa shape index (κ2) is 5.35. The normalized spacial score (nSPS) is 11.9. The summed E-state index contributed by atoms with van der Waals surface area (Å²) >= 11 is 6.22. The van der Waals surface area contributed by atoms with Gasteiger partial charge in [0.15, 0.2) is 5.92 Å². The highest BCUT2D eigenvalue weighted by molar-refractivity contribution is 6.39. The zero-order chi connectivity index (χ0) is 14.9. The van der Waals surface area contributed by atoms with E-state index in [1.165, 1.54) is 7.05 Å². The fourth-order valence-electron chi connectivity index (χ4n) is 2.14. The van der Waals surface area contributed by atoms with Crippen molar-refractivity contribution in [2.75, 3.05) is 7.05 Å². The van der Waals surface area contributed by atoms with E-state index in [-0.39, 0.29) is 10.7 Å². The van der Waals surface area contributed by atoms with Crippen molar-refractivity contribution in [1.29, 1.82) is 5.26 Å². The second-order valence-corrected chi connectivity index (χ2v) is 4.66. The molecule has 0 spiro atoms. The van der Waals surface area contributed by atoms with Crippen molar-refractivity contribution in [2.24, 2.45) is 13.0 Å². The standard InChI is InChI=1S/C14H12ClN3O2/c1-17-14(20)9(7-16)13(19)12-11(15)8-5-3-4-6-10(8)18(12)2/h3-6,9H,1-2H3,(H,17,20)/t9-/m1/s1. The van der Waals surface area contributed by atoms with Crippen LogP contribution in [0.2, 0.25) is 5.02 Å². The molecule has 0 aliphatic heterocycles. The molecule has 0 saturated carbocycles. The van der Waals surface area contributed by atoms with Crippen molar-refractivity contribution in [3.8, 4) is 6.07 Å². The summed E-state index contributed by atoms with van der Waals surface area (Å²) in [6, 6.07) is 8.96. The highest BCUT2D eigenvalue weighted by atomic mass is 35.5. The molecule has 0 radical (unpaired) electrons. The molecule has 6 heteroatoms. The van der Waals surface area contributed by atoms with E-state index in [0.29, 0.717) is 5.39 Å². The molecule has 0 saturated heterocycles. The molecule has 2 rings (SSSR count). The minimum atomic E-state index is -1.40. The Balaban J connectivity index is 2.61. The number of hydrogen-bond donors (Lipinski definition) is 1. The van der Waals surface area contributed by atoms with Gasteiger partial charge in [0.05, 0.1) is 11.1 Å². The maximum Gasteiger partial charge on any atom is 0.245 e. The van der Waals surface area contributed by atoms with Crippen LogP contribution in [-0.2, 0) is 11.8 Å². The number of aromatic nitrogens is 1. The Labute approximate surface area is 120 Å². The topological polar surface area (TPSA) is 74.9 Å². The van der Waals surface area contributed by atoms with Crippen molar-refractivity contribution in [1.82, 2.24) is 9.88 Å². The smallest absolute Gasteiger partial charge is 0.245 e. The highest BCUT2D eigenvalue weighted by Gasteiger charge is 2.31. The quantitative estimate of drug-likeness (QED) is 0.693. The van der Waals surface area contributed by atoms with Gasteiger partial charge >= 0.3 is 0 Å². The number of nitrogens with one attached hydrogen (secondary N) is 1. The molecule has 0 bridgehead atoms. The van der Waals surface area contributed by atoms with Crippen LogP contribution in [0.3, 0.4) is 0 Å². The Hall–Kier alpha value is -2.32. The molecular formula is C14H12ClN3O2. The molecule has 1 amide bonds. The third-order valence-electron chi connectivity index (χ3n) is 3.18. The number of nitrogens with zero attached hydrogens (tertiary/aromatic N) is 2. The van der Waals surface area contributed by atoms with Gasteiger partial charge in [0.2, 0.25) is 11.7 Å². The largest absolute Gasteiger partial charge is 0.358 e. The van der Waals surface area contributed by atoms with Crippen LogP contribution < -0.4 is 5.32 Å². The second-order valence-electron chi connectivity index (χ2n) is 4.28. The number of carbonyl (C=O) groups excluding carboxylic acids is 2. The Morgan fingerprint density at radius 3 is 2.60 bits per heavy atom. The first-order chi connectivity index (χ1) is 9.52. The lowest BCUT2D eigenvalue weighted by Gasteiger charge is -2.08. The van der Waals surface area contributed by atoms with Crippen LogP contribution >= 0.6 is 11.6 Å². The summed E-state index contributed by atoms with van der Waals surface area (Å²) < 4.78 is 1.60. The van der Waals surface area contributed by atoms with E-state index in [9.17, 15) is 9.59 Å². The van der Waals surface area contributed by atoms with Gasteiger partial charge in [-0.3, -0.25) is 9.59 Å². The number of halogens is 1. The summed E-state index contributed by atoms with van der Waals surface area (Å²) in [6.45, 7) is 0. The third kappa shape index (κ3) is 2.04. The van der Waals surface area contributed by atoms with E-state index in [1.807, 2.05) is 18.2 Å². The van der Waals surface area contributed by atoms with Gasteiger partial charge in [-0.25, -0.2) is 0 Å². The van der Waals surface area contributed by atoms with E-state index in [1.54, 1.807) is 23.8 Å². The van der Waals surface area contributed by atoms with E-state index < -0.39 is 17.6 Å². The number of ketones is 1. The van der Waals surface area contributed by atoms with Crippen LogP contribution in [0.1, 0.15) is 10.5 Å². The summed E-state index contributed by atoms with van der Waals surface area (Å²) in [4.78, 5) is 24.0. The van der Waals surface area contributed by atoms with Crippen molar-refractivity contribution < 1.29 is 9.59 Å². The van der Waals surface area contributed by atoms with Crippen LogP contribution in [0.25, 0.3) is 10.9 Å². The van der Waals surface area contributed by atoms with Gasteiger partial charge < -0.3 is 9.88 Å². The molecule has 102 valence electrons. The van der Waals surface area contributed by atoms with Crippen LogP contribution in [0.5, 0.6) is 0 Å². The van der Waals surface area contributed by atoms with Crippen LogP contribution in [0.15, 0.2) is 24.3 Å². The summed E-state index contributed by atoms with van der Waals surface area (Å²) in [5.41, 5.74) is 0.942. The summed E-state index contributed by atoms with van der Waals surface area (Å²) in [7, 11) is 3.06. The predicted molar refractivity (Wildman–Crippen MR) is 75.4 cm³/mol. The van der Waals surface area contributed by atoms with E-state index in [4.69, 9.17) is 16.9 Å². The fraction of sp³-hybridized carbons (Fsp3) is 0.214. The molecule has 0 fully saturated rings. The zero-order valence-electron chi connectivity index (χ0n) is 11.0. The highest BCUT2D eigenvalue weighted by Crippen LogP contribution is 2.31. The summed E-state index contributed by atoms with van der Waals surface area (Å²) in [5, 5.41) is 12.3. The number of rotatable bonds is 3. The van der Waals surface area contributed by atoms with E-state index in [2.05, 4.69) is 5.32 Å². The van der Waals surface area contributed by atoms with Crippen molar-refractivity contribution in [3.63, 3.8) is 0 Å². The number of hydrogen-bond acceptors (Lipinski definition) is 3. The van der Waals surface area contributed by atoms with Gasteiger partial charge in [0, 0.05) is 25.0 Å². The molecule has 1 aromatic carbocycles. The first-order valence-corrected chi connectivity index (χ1v) is 6.29. The van der Waals surface area contributed by atoms with Gasteiger partial charge in [0.25, 0.3) is 0 Å². The van der Waals surface area contributed by atoms with Gasteiger partial charge in [0.1, 0.15) is 5.69 Å². The Kier molecular flexibility index (Phi) is 3.77. The molecule has 1 N–H and O–H groups in total. The molecular weight excluding hydrogens is 278 g/mol. The van der Waals surface area contributed by atoms with E-state index in [0.717, 1.165) is 5.52 Å². The number of fused-ring (bicyclic) bond motifs is 1. The molecule has 20 heavy (non-hydrogen) atoms. The first kappa shape index (κ1) is 14.1. The van der Waals surface area contributed by atoms with E-state index >= 15 is 0 Å². The lowest BCUT2D eigenvalue weighted by molar-refractivity contribution is -0.121. The number of carbonyl (C=O) groups is 2. The SMILES string of the molecule is CNC(=O)[C@H](C#N)C(=O)c1c(Cl)c2ccccc2n1C. The molecule has 0 aliphatic rings. The van der Waals surface area contributed by atoms with Crippen LogP contribution in [0, 0.1) is 17.2 Å². The molecule has 1 atom stereocenters. The minimum Gasteiger partial charge on any atom is -0.358 e.